The molecule has 0 aliphatic heterocycles. The molecule has 32 heavy (non-hydrogen) atoms. The van der Waals surface area contributed by atoms with Crippen LogP contribution in [0.2, 0.25) is 10.3 Å². The molecule has 2 N–H and O–H groups in total. The van der Waals surface area contributed by atoms with Gasteiger partial charge in [-0.25, -0.2) is 0 Å². The zero-order chi connectivity index (χ0) is 22.8. The maximum absolute atomic E-state index is 5.65. The molecule has 0 aliphatic rings. The summed E-state index contributed by atoms with van der Waals surface area (Å²) >= 11 is 11.3. The van der Waals surface area contributed by atoms with E-state index in [1.165, 1.54) is 0 Å². The van der Waals surface area contributed by atoms with Crippen molar-refractivity contribution in [1.82, 2.24) is 20.4 Å². The van der Waals surface area contributed by atoms with Gasteiger partial charge in [0.15, 0.2) is 21.9 Å². The molecule has 10 heteroatoms. The Morgan fingerprint density at radius 3 is 1.31 bits per heavy atom. The molecule has 2 aromatic heterocycles. The Labute approximate surface area is 195 Å². The highest BCUT2D eigenvalue weighted by atomic mass is 35.5. The molecule has 164 valence electrons. The third-order valence-electron chi connectivity index (χ3n) is 4.00. The van der Waals surface area contributed by atoms with E-state index in [4.69, 9.17) is 32.7 Å². The number of hydrogen-bond acceptors (Lipinski definition) is 8. The minimum atomic E-state index is 0.366. The normalized spacial score (nSPS) is 9.88. The zero-order valence-corrected chi connectivity index (χ0v) is 18.8. The average Bonchev–Trinajstić information content (AvgIpc) is 2.83. The first-order valence-corrected chi connectivity index (χ1v) is 10.1. The van der Waals surface area contributed by atoms with Gasteiger partial charge in [-0.3, -0.25) is 0 Å². The largest absolute Gasteiger partial charge is 0.495 e. The summed E-state index contributed by atoms with van der Waals surface area (Å²) in [6.07, 6.45) is 0. The lowest BCUT2D eigenvalue weighted by Gasteiger charge is -2.09. The third-order valence-corrected chi connectivity index (χ3v) is 4.41. The van der Waals surface area contributed by atoms with Gasteiger partial charge in [0.05, 0.1) is 25.6 Å². The molecule has 0 spiro atoms. The number of rotatable bonds is 6. The molecule has 0 radical (unpaired) electrons. The van der Waals surface area contributed by atoms with E-state index in [-0.39, 0.29) is 0 Å². The quantitative estimate of drug-likeness (QED) is 0.366. The van der Waals surface area contributed by atoms with Gasteiger partial charge in [0.1, 0.15) is 11.5 Å². The minimum absolute atomic E-state index is 0.366. The molecule has 0 saturated carbocycles. The first-order chi connectivity index (χ1) is 15.6. The highest BCUT2D eigenvalue weighted by Gasteiger charge is 2.03. The highest BCUT2D eigenvalue weighted by Crippen LogP contribution is 2.27. The van der Waals surface area contributed by atoms with Gasteiger partial charge in [0.25, 0.3) is 0 Å². The second-order valence-electron chi connectivity index (χ2n) is 6.13. The van der Waals surface area contributed by atoms with Crippen molar-refractivity contribution in [2.24, 2.45) is 0 Å². The average molecular weight is 471 g/mol. The van der Waals surface area contributed by atoms with Crippen molar-refractivity contribution in [1.29, 1.82) is 0 Å². The molecule has 4 aromatic rings. The molecule has 0 amide bonds. The van der Waals surface area contributed by atoms with Crippen LogP contribution in [0, 0.1) is 0 Å². The maximum Gasteiger partial charge on any atom is 0.153 e. The number of methoxy groups -OCH3 is 2. The van der Waals surface area contributed by atoms with Gasteiger partial charge in [-0.1, -0.05) is 47.5 Å². The van der Waals surface area contributed by atoms with Gasteiger partial charge in [0, 0.05) is 0 Å². The number of ether oxygens (including phenoxy) is 2. The summed E-state index contributed by atoms with van der Waals surface area (Å²) in [5.41, 5.74) is 1.67. The fraction of sp³-hybridized carbons (Fsp3) is 0.0909. The van der Waals surface area contributed by atoms with Crippen LogP contribution in [0.4, 0.5) is 23.0 Å². The lowest BCUT2D eigenvalue weighted by Crippen LogP contribution is -1.97. The Morgan fingerprint density at radius 2 is 0.969 bits per heavy atom. The maximum atomic E-state index is 5.65. The van der Waals surface area contributed by atoms with Crippen molar-refractivity contribution in [3.63, 3.8) is 0 Å². The smallest absolute Gasteiger partial charge is 0.153 e. The first kappa shape index (κ1) is 23.1. The van der Waals surface area contributed by atoms with Crippen LogP contribution < -0.4 is 20.1 Å². The molecule has 0 fully saturated rings. The van der Waals surface area contributed by atoms with Gasteiger partial charge in [-0.2, -0.15) is 0 Å². The molecule has 0 atom stereocenters. The van der Waals surface area contributed by atoms with E-state index in [0.29, 0.717) is 21.9 Å². The highest BCUT2D eigenvalue weighted by molar-refractivity contribution is 6.29. The van der Waals surface area contributed by atoms with Crippen molar-refractivity contribution in [2.75, 3.05) is 24.9 Å². The van der Waals surface area contributed by atoms with Gasteiger partial charge in [0.2, 0.25) is 0 Å². The number of para-hydroxylation sites is 4. The summed E-state index contributed by atoms with van der Waals surface area (Å²) < 4.78 is 10.4. The number of halogens is 2. The van der Waals surface area contributed by atoms with Crippen molar-refractivity contribution >= 4 is 46.2 Å². The Kier molecular flexibility index (Phi) is 8.42. The molecule has 0 saturated heterocycles. The van der Waals surface area contributed by atoms with Gasteiger partial charge in [-0.05, 0) is 48.5 Å². The lowest BCUT2D eigenvalue weighted by atomic mass is 10.3. The molecule has 4 rings (SSSR count). The third kappa shape index (κ3) is 6.69. The summed E-state index contributed by atoms with van der Waals surface area (Å²) in [7, 11) is 3.24. The second-order valence-corrected chi connectivity index (χ2v) is 6.91. The number of anilines is 4. The summed E-state index contributed by atoms with van der Waals surface area (Å²) in [5, 5.41) is 22.2. The Bertz CT molecular complexity index is 1040. The van der Waals surface area contributed by atoms with Crippen molar-refractivity contribution < 1.29 is 9.47 Å². The van der Waals surface area contributed by atoms with Crippen LogP contribution in [0.3, 0.4) is 0 Å². The molecule has 0 aliphatic carbocycles. The zero-order valence-electron chi connectivity index (χ0n) is 17.3. The summed E-state index contributed by atoms with van der Waals surface area (Å²) in [4.78, 5) is 0. The van der Waals surface area contributed by atoms with E-state index in [2.05, 4.69) is 31.0 Å². The molecular formula is C22H20Cl2N6O2. The van der Waals surface area contributed by atoms with Crippen molar-refractivity contribution in [2.45, 2.75) is 0 Å². The van der Waals surface area contributed by atoms with E-state index in [1.54, 1.807) is 38.5 Å². The van der Waals surface area contributed by atoms with E-state index in [9.17, 15) is 0 Å². The number of aromatic nitrogens is 4. The van der Waals surface area contributed by atoms with Crippen molar-refractivity contribution in [3.05, 3.63) is 83.1 Å². The number of benzene rings is 2. The summed E-state index contributed by atoms with van der Waals surface area (Å²) in [6.45, 7) is 0. The fourth-order valence-corrected chi connectivity index (χ4v) is 2.74. The topological polar surface area (TPSA) is 94.1 Å². The van der Waals surface area contributed by atoms with Crippen LogP contribution in [0.15, 0.2) is 72.8 Å². The lowest BCUT2D eigenvalue weighted by molar-refractivity contribution is 0.416. The number of hydrogen-bond donors (Lipinski definition) is 2. The predicted octanol–water partition coefficient (Wildman–Crippen LogP) is 5.76. The van der Waals surface area contributed by atoms with Crippen LogP contribution in [0.5, 0.6) is 11.5 Å². The van der Waals surface area contributed by atoms with Crippen LogP contribution in [-0.2, 0) is 0 Å². The molecule has 0 unspecified atom stereocenters. The monoisotopic (exact) mass is 470 g/mol. The van der Waals surface area contributed by atoms with E-state index < -0.39 is 0 Å². The molecule has 8 nitrogen and oxygen atoms in total. The molecule has 2 heterocycles. The Hall–Kier alpha value is -3.62. The Balaban J connectivity index is 0.000000181. The summed E-state index contributed by atoms with van der Waals surface area (Å²) in [5.74, 6) is 2.74. The summed E-state index contributed by atoms with van der Waals surface area (Å²) in [6, 6.07) is 22.0. The van der Waals surface area contributed by atoms with Crippen molar-refractivity contribution in [3.8, 4) is 11.5 Å². The van der Waals surface area contributed by atoms with Crippen LogP contribution in [0.25, 0.3) is 0 Å². The molecule has 0 bridgehead atoms. The van der Waals surface area contributed by atoms with E-state index >= 15 is 0 Å². The molecule has 2 aromatic carbocycles. The van der Waals surface area contributed by atoms with Gasteiger partial charge >= 0.3 is 0 Å². The van der Waals surface area contributed by atoms with E-state index in [1.807, 2.05) is 48.5 Å². The van der Waals surface area contributed by atoms with Gasteiger partial charge in [-0.15, -0.1) is 20.4 Å². The van der Waals surface area contributed by atoms with Crippen LogP contribution in [-0.4, -0.2) is 34.6 Å². The second kappa shape index (κ2) is 11.7. The first-order valence-electron chi connectivity index (χ1n) is 9.37. The fourth-order valence-electron chi connectivity index (χ4n) is 2.54. The Morgan fingerprint density at radius 1 is 0.562 bits per heavy atom. The number of nitrogens with zero attached hydrogens (tertiary/aromatic N) is 4. The molecular weight excluding hydrogens is 451 g/mol. The predicted molar refractivity (Wildman–Crippen MR) is 127 cm³/mol. The van der Waals surface area contributed by atoms with E-state index in [0.717, 1.165) is 22.9 Å². The van der Waals surface area contributed by atoms with Gasteiger partial charge < -0.3 is 20.1 Å². The number of nitrogens with one attached hydrogen (secondary N) is 2. The van der Waals surface area contributed by atoms with Crippen LogP contribution in [0.1, 0.15) is 0 Å². The van der Waals surface area contributed by atoms with Crippen LogP contribution >= 0.6 is 23.2 Å². The standard InChI is InChI=1S/2C11H10ClN3O/c2*1-16-9-5-3-2-4-8(9)13-11-7-6-10(12)14-15-11/h2*2-7H,1H3,(H,13,15). The minimum Gasteiger partial charge on any atom is -0.495 e. The SMILES string of the molecule is COc1ccccc1Nc1ccc(Cl)nn1.COc1ccccc1Nc1ccc(Cl)nn1.